The van der Waals surface area contributed by atoms with E-state index >= 15 is 0 Å². The molecule has 5 aromatic rings. The van der Waals surface area contributed by atoms with E-state index in [9.17, 15) is 4.79 Å². The highest BCUT2D eigenvalue weighted by Gasteiger charge is 2.23. The molecule has 0 spiro atoms. The lowest BCUT2D eigenvalue weighted by Gasteiger charge is -2.16. The molecule has 0 bridgehead atoms. The monoisotopic (exact) mass is 431 g/mol. The molecule has 31 heavy (non-hydrogen) atoms. The predicted molar refractivity (Wildman–Crippen MR) is 125 cm³/mol. The summed E-state index contributed by atoms with van der Waals surface area (Å²) < 4.78 is 3.72. The lowest BCUT2D eigenvalue weighted by molar-refractivity contribution is 0.496. The van der Waals surface area contributed by atoms with Crippen molar-refractivity contribution in [1.29, 1.82) is 0 Å². The van der Waals surface area contributed by atoms with Gasteiger partial charge in [-0.15, -0.1) is 0 Å². The third-order valence-corrected chi connectivity index (χ3v) is 6.26. The van der Waals surface area contributed by atoms with Gasteiger partial charge in [-0.2, -0.15) is 0 Å². The minimum absolute atomic E-state index is 0.0415. The number of hydrogen-bond acceptors (Lipinski definition) is 4. The van der Waals surface area contributed by atoms with E-state index in [4.69, 9.17) is 26.6 Å². The fourth-order valence-corrected chi connectivity index (χ4v) is 4.32. The van der Waals surface area contributed by atoms with Crippen LogP contribution in [0, 0.1) is 6.92 Å². The van der Waals surface area contributed by atoms with Crippen molar-refractivity contribution < 1.29 is 0 Å². The smallest absolute Gasteiger partial charge is 0.265 e. The van der Waals surface area contributed by atoms with Gasteiger partial charge in [-0.1, -0.05) is 48.9 Å². The summed E-state index contributed by atoms with van der Waals surface area (Å²) in [6, 6.07) is 15.4. The molecule has 0 unspecified atom stereocenters. The number of halogens is 1. The molecule has 0 fully saturated rings. The van der Waals surface area contributed by atoms with E-state index in [1.54, 1.807) is 4.57 Å². The number of fused-ring (bicyclic) bond motifs is 4. The van der Waals surface area contributed by atoms with Crippen molar-refractivity contribution in [3.8, 4) is 0 Å². The second-order valence-corrected chi connectivity index (χ2v) is 8.26. The summed E-state index contributed by atoms with van der Waals surface area (Å²) in [5.41, 5.74) is 4.19. The van der Waals surface area contributed by atoms with Crippen LogP contribution in [-0.4, -0.2) is 24.1 Å². The van der Waals surface area contributed by atoms with E-state index in [0.29, 0.717) is 39.6 Å². The van der Waals surface area contributed by atoms with Crippen LogP contribution >= 0.6 is 11.6 Å². The second-order valence-electron chi connectivity index (χ2n) is 7.85. The Morgan fingerprint density at radius 2 is 1.65 bits per heavy atom. The number of para-hydroxylation sites is 2. The minimum Gasteiger partial charge on any atom is -0.304 e. The standard InChI is InChI=1S/C24H22ClN5O/c1-4-14(2)30-15(3)26-22-20(24(30)31)21-23(28-19-12-8-7-11-18(19)27-21)29(22)13-16-9-5-6-10-17(16)25/h5-12,14H,4,13H2,1-3H3/t14-/m1/s1. The Balaban J connectivity index is 1.92. The fourth-order valence-electron chi connectivity index (χ4n) is 4.12. The Morgan fingerprint density at radius 1 is 0.968 bits per heavy atom. The zero-order valence-electron chi connectivity index (χ0n) is 17.6. The van der Waals surface area contributed by atoms with Crippen molar-refractivity contribution in [2.24, 2.45) is 0 Å². The summed E-state index contributed by atoms with van der Waals surface area (Å²) in [4.78, 5) is 28.2. The number of hydrogen-bond donors (Lipinski definition) is 0. The maximum Gasteiger partial charge on any atom is 0.265 e. The van der Waals surface area contributed by atoms with Gasteiger partial charge in [0, 0.05) is 11.1 Å². The van der Waals surface area contributed by atoms with E-state index in [0.717, 1.165) is 23.0 Å². The van der Waals surface area contributed by atoms with Crippen molar-refractivity contribution in [1.82, 2.24) is 24.1 Å². The first-order valence-electron chi connectivity index (χ1n) is 10.4. The summed E-state index contributed by atoms with van der Waals surface area (Å²) in [5.74, 6) is 0.680. The Bertz CT molecular complexity index is 1520. The Labute approximate surface area is 184 Å². The zero-order chi connectivity index (χ0) is 21.7. The van der Waals surface area contributed by atoms with Crippen LogP contribution in [0.5, 0.6) is 0 Å². The maximum atomic E-state index is 13.6. The van der Waals surface area contributed by atoms with E-state index in [1.807, 2.05) is 66.9 Å². The highest BCUT2D eigenvalue weighted by Crippen LogP contribution is 2.28. The number of aryl methyl sites for hydroxylation is 1. The molecular weight excluding hydrogens is 410 g/mol. The van der Waals surface area contributed by atoms with Gasteiger partial charge >= 0.3 is 0 Å². The van der Waals surface area contributed by atoms with Gasteiger partial charge in [0.1, 0.15) is 16.7 Å². The first kappa shape index (κ1) is 19.7. The normalized spacial score (nSPS) is 12.8. The number of rotatable bonds is 4. The van der Waals surface area contributed by atoms with Gasteiger partial charge in [0.15, 0.2) is 11.3 Å². The van der Waals surface area contributed by atoms with Crippen LogP contribution in [0.4, 0.5) is 0 Å². The number of benzene rings is 2. The molecule has 0 aliphatic heterocycles. The highest BCUT2D eigenvalue weighted by atomic mass is 35.5. The van der Waals surface area contributed by atoms with Crippen molar-refractivity contribution in [2.45, 2.75) is 39.8 Å². The Morgan fingerprint density at radius 3 is 2.35 bits per heavy atom. The minimum atomic E-state index is -0.0793. The largest absolute Gasteiger partial charge is 0.304 e. The summed E-state index contributed by atoms with van der Waals surface area (Å²) in [5, 5.41) is 1.17. The summed E-state index contributed by atoms with van der Waals surface area (Å²) >= 11 is 6.45. The van der Waals surface area contributed by atoms with Crippen LogP contribution in [-0.2, 0) is 6.54 Å². The van der Waals surface area contributed by atoms with Gasteiger partial charge in [0.25, 0.3) is 5.56 Å². The number of aromatic nitrogens is 5. The lowest BCUT2D eigenvalue weighted by Crippen LogP contribution is -2.26. The molecule has 0 aliphatic rings. The Hall–Kier alpha value is -3.25. The maximum absolute atomic E-state index is 13.6. The topological polar surface area (TPSA) is 65.6 Å². The van der Waals surface area contributed by atoms with Gasteiger partial charge < -0.3 is 4.57 Å². The third kappa shape index (κ3) is 3.10. The SMILES string of the molecule is CC[C@@H](C)n1c(C)nc2c(c1=O)c1nc3ccccc3nc1n2Cc1ccccc1Cl. The van der Waals surface area contributed by atoms with Gasteiger partial charge in [-0.05, 0) is 44.0 Å². The summed E-state index contributed by atoms with van der Waals surface area (Å²) in [6.45, 7) is 6.43. The molecule has 6 nitrogen and oxygen atoms in total. The van der Waals surface area contributed by atoms with Gasteiger partial charge in [-0.3, -0.25) is 9.36 Å². The van der Waals surface area contributed by atoms with E-state index in [2.05, 4.69) is 6.92 Å². The van der Waals surface area contributed by atoms with Gasteiger partial charge in [0.05, 0.1) is 17.6 Å². The first-order valence-corrected chi connectivity index (χ1v) is 10.8. The predicted octanol–water partition coefficient (Wildman–Crippen LogP) is 5.28. The molecule has 0 aliphatic carbocycles. The Kier molecular flexibility index (Phi) is 4.74. The average Bonchev–Trinajstić information content (AvgIpc) is 3.06. The molecule has 1 atom stereocenters. The second kappa shape index (κ2) is 7.46. The van der Waals surface area contributed by atoms with Crippen LogP contribution < -0.4 is 5.56 Å². The van der Waals surface area contributed by atoms with Crippen molar-refractivity contribution in [2.75, 3.05) is 0 Å². The lowest BCUT2D eigenvalue weighted by atomic mass is 10.2. The summed E-state index contributed by atoms with van der Waals surface area (Å²) in [7, 11) is 0. The number of nitrogens with zero attached hydrogens (tertiary/aromatic N) is 5. The van der Waals surface area contributed by atoms with Crippen molar-refractivity contribution >= 4 is 44.8 Å². The van der Waals surface area contributed by atoms with Crippen LogP contribution in [0.25, 0.3) is 33.2 Å². The van der Waals surface area contributed by atoms with E-state index < -0.39 is 0 Å². The molecule has 3 heterocycles. The third-order valence-electron chi connectivity index (χ3n) is 5.89. The van der Waals surface area contributed by atoms with Gasteiger partial charge in [-0.25, -0.2) is 15.0 Å². The molecule has 0 radical (unpaired) electrons. The highest BCUT2D eigenvalue weighted by molar-refractivity contribution is 6.31. The van der Waals surface area contributed by atoms with E-state index in [-0.39, 0.29) is 11.6 Å². The molecule has 0 saturated carbocycles. The molecule has 3 aromatic heterocycles. The fraction of sp³-hybridized carbons (Fsp3) is 0.250. The van der Waals surface area contributed by atoms with Crippen molar-refractivity contribution in [3.63, 3.8) is 0 Å². The van der Waals surface area contributed by atoms with E-state index in [1.165, 1.54) is 0 Å². The molecular formula is C24H22ClN5O. The molecule has 0 N–H and O–H groups in total. The van der Waals surface area contributed by atoms with Crippen LogP contribution in [0.2, 0.25) is 5.02 Å². The first-order chi connectivity index (χ1) is 15.0. The molecule has 156 valence electrons. The molecule has 0 amide bonds. The van der Waals surface area contributed by atoms with Crippen LogP contribution in [0.15, 0.2) is 53.3 Å². The van der Waals surface area contributed by atoms with Crippen LogP contribution in [0.1, 0.15) is 37.7 Å². The molecule has 2 aromatic carbocycles. The van der Waals surface area contributed by atoms with Crippen molar-refractivity contribution in [3.05, 3.63) is 75.3 Å². The van der Waals surface area contributed by atoms with Gasteiger partial charge in [0.2, 0.25) is 0 Å². The molecule has 0 saturated heterocycles. The zero-order valence-corrected chi connectivity index (χ0v) is 18.4. The molecule has 5 rings (SSSR count). The van der Waals surface area contributed by atoms with Crippen LogP contribution in [0.3, 0.4) is 0 Å². The molecule has 7 heteroatoms. The quantitative estimate of drug-likeness (QED) is 0.388. The average molecular weight is 432 g/mol. The summed E-state index contributed by atoms with van der Waals surface area (Å²) in [6.07, 6.45) is 0.834.